The number of carbonyl (C=O) groups excluding carboxylic acids is 1. The molecule has 21 heavy (non-hydrogen) atoms. The number of nitrogens with two attached hydrogens (primary N) is 1. The highest BCUT2D eigenvalue weighted by Gasteiger charge is 2.31. The number of nitrogens with one attached hydrogen (secondary N) is 1. The monoisotopic (exact) mass is 288 g/mol. The average Bonchev–Trinajstić information content (AvgIpc) is 2.97. The lowest BCUT2D eigenvalue weighted by Gasteiger charge is -2.31. The predicted octanol–water partition coefficient (Wildman–Crippen LogP) is 2.04. The molecular weight excluding hydrogens is 264 g/mol. The molecule has 0 aromatic heterocycles. The van der Waals surface area contributed by atoms with Crippen LogP contribution in [0.2, 0.25) is 0 Å². The number of para-hydroxylation sites is 1. The number of carbonyl (C=O) groups is 1. The van der Waals surface area contributed by atoms with E-state index < -0.39 is 0 Å². The van der Waals surface area contributed by atoms with Crippen molar-refractivity contribution in [1.29, 1.82) is 0 Å². The minimum atomic E-state index is -0.166. The van der Waals surface area contributed by atoms with Crippen LogP contribution < -0.4 is 15.8 Å². The van der Waals surface area contributed by atoms with E-state index in [0.717, 1.165) is 24.4 Å². The van der Waals surface area contributed by atoms with Crippen LogP contribution in [0.3, 0.4) is 0 Å². The van der Waals surface area contributed by atoms with Crippen molar-refractivity contribution in [2.75, 3.05) is 19.7 Å². The van der Waals surface area contributed by atoms with Gasteiger partial charge >= 0.3 is 0 Å². The van der Waals surface area contributed by atoms with Crippen LogP contribution in [-0.4, -0.2) is 25.6 Å². The van der Waals surface area contributed by atoms with Gasteiger partial charge in [-0.05, 0) is 37.3 Å². The van der Waals surface area contributed by atoms with Gasteiger partial charge in [-0.1, -0.05) is 31.0 Å². The van der Waals surface area contributed by atoms with E-state index in [-0.39, 0.29) is 11.8 Å². The molecule has 1 aromatic rings. The van der Waals surface area contributed by atoms with Crippen LogP contribution in [-0.2, 0) is 4.79 Å². The van der Waals surface area contributed by atoms with Gasteiger partial charge < -0.3 is 15.8 Å². The van der Waals surface area contributed by atoms with Crippen molar-refractivity contribution in [1.82, 2.24) is 5.32 Å². The van der Waals surface area contributed by atoms with E-state index in [2.05, 4.69) is 5.32 Å². The summed E-state index contributed by atoms with van der Waals surface area (Å²) in [7, 11) is 0. The molecule has 0 spiro atoms. The third-order valence-corrected chi connectivity index (χ3v) is 4.92. The Morgan fingerprint density at radius 3 is 2.81 bits per heavy atom. The molecule has 4 nitrogen and oxygen atoms in total. The van der Waals surface area contributed by atoms with Crippen molar-refractivity contribution in [2.24, 2.45) is 17.6 Å². The van der Waals surface area contributed by atoms with E-state index in [0.29, 0.717) is 18.4 Å². The van der Waals surface area contributed by atoms with Crippen LogP contribution in [0.1, 0.15) is 37.2 Å². The van der Waals surface area contributed by atoms with Crippen molar-refractivity contribution in [2.45, 2.75) is 31.6 Å². The average molecular weight is 288 g/mol. The van der Waals surface area contributed by atoms with Gasteiger partial charge in [0.05, 0.1) is 0 Å². The number of rotatable bonds is 4. The molecule has 1 aliphatic heterocycles. The Hall–Kier alpha value is -1.55. The summed E-state index contributed by atoms with van der Waals surface area (Å²) in [4.78, 5) is 12.4. The first kappa shape index (κ1) is 14.4. The molecule has 1 aliphatic carbocycles. The Kier molecular flexibility index (Phi) is 4.44. The number of fused-ring (bicyclic) bond motifs is 1. The highest BCUT2D eigenvalue weighted by Crippen LogP contribution is 2.34. The van der Waals surface area contributed by atoms with Crippen LogP contribution >= 0.6 is 0 Å². The maximum Gasteiger partial charge on any atom is 0.231 e. The number of ether oxygens (including phenoxy) is 1. The topological polar surface area (TPSA) is 64.3 Å². The number of benzene rings is 1. The van der Waals surface area contributed by atoms with E-state index in [1.54, 1.807) is 0 Å². The van der Waals surface area contributed by atoms with Gasteiger partial charge in [-0.2, -0.15) is 0 Å². The summed E-state index contributed by atoms with van der Waals surface area (Å²) in [6.45, 7) is 1.94. The SMILES string of the molecule is NCC1CCCCC1CNC(=O)C1COc2ccccc21. The highest BCUT2D eigenvalue weighted by molar-refractivity contribution is 5.85. The van der Waals surface area contributed by atoms with E-state index in [1.807, 2.05) is 24.3 Å². The quantitative estimate of drug-likeness (QED) is 0.891. The molecule has 1 heterocycles. The molecule has 1 amide bonds. The molecule has 2 aliphatic rings. The molecule has 3 unspecified atom stereocenters. The molecule has 0 radical (unpaired) electrons. The highest BCUT2D eigenvalue weighted by atomic mass is 16.5. The van der Waals surface area contributed by atoms with E-state index in [4.69, 9.17) is 10.5 Å². The first-order valence-electron chi connectivity index (χ1n) is 7.99. The molecule has 1 saturated carbocycles. The van der Waals surface area contributed by atoms with Crippen molar-refractivity contribution in [3.8, 4) is 5.75 Å². The van der Waals surface area contributed by atoms with Crippen molar-refractivity contribution >= 4 is 5.91 Å². The first-order valence-corrected chi connectivity index (χ1v) is 7.99. The lowest BCUT2D eigenvalue weighted by molar-refractivity contribution is -0.123. The fourth-order valence-electron chi connectivity index (χ4n) is 3.60. The van der Waals surface area contributed by atoms with Crippen LogP contribution in [0, 0.1) is 11.8 Å². The van der Waals surface area contributed by atoms with Crippen LogP contribution in [0.5, 0.6) is 5.75 Å². The molecule has 114 valence electrons. The Balaban J connectivity index is 1.57. The summed E-state index contributed by atoms with van der Waals surface area (Å²) >= 11 is 0. The third kappa shape index (κ3) is 3.05. The van der Waals surface area contributed by atoms with Gasteiger partial charge in [0, 0.05) is 12.1 Å². The van der Waals surface area contributed by atoms with E-state index in [9.17, 15) is 4.79 Å². The van der Waals surface area contributed by atoms with Gasteiger partial charge in [0.25, 0.3) is 0 Å². The second-order valence-corrected chi connectivity index (χ2v) is 6.19. The van der Waals surface area contributed by atoms with Gasteiger partial charge in [-0.3, -0.25) is 4.79 Å². The molecule has 4 heteroatoms. The molecule has 0 saturated heterocycles. The van der Waals surface area contributed by atoms with Gasteiger partial charge in [-0.15, -0.1) is 0 Å². The molecular formula is C17H24N2O2. The fraction of sp³-hybridized carbons (Fsp3) is 0.588. The third-order valence-electron chi connectivity index (χ3n) is 4.92. The van der Waals surface area contributed by atoms with E-state index >= 15 is 0 Å². The summed E-state index contributed by atoms with van der Waals surface area (Å²) in [5.41, 5.74) is 6.86. The summed E-state index contributed by atoms with van der Waals surface area (Å²) in [5.74, 6) is 1.86. The number of amides is 1. The summed E-state index contributed by atoms with van der Waals surface area (Å²) < 4.78 is 5.59. The predicted molar refractivity (Wildman–Crippen MR) is 82.2 cm³/mol. The molecule has 1 fully saturated rings. The number of hydrogen-bond acceptors (Lipinski definition) is 3. The molecule has 3 atom stereocenters. The minimum Gasteiger partial charge on any atom is -0.492 e. The molecule has 3 rings (SSSR count). The zero-order valence-electron chi connectivity index (χ0n) is 12.4. The van der Waals surface area contributed by atoms with Crippen molar-refractivity contribution in [3.63, 3.8) is 0 Å². The summed E-state index contributed by atoms with van der Waals surface area (Å²) in [5, 5.41) is 3.13. The maximum atomic E-state index is 12.4. The molecule has 1 aromatic carbocycles. The molecule has 0 bridgehead atoms. The Labute approximate surface area is 126 Å². The largest absolute Gasteiger partial charge is 0.492 e. The van der Waals surface area contributed by atoms with Crippen LogP contribution in [0.15, 0.2) is 24.3 Å². The van der Waals surface area contributed by atoms with E-state index in [1.165, 1.54) is 25.7 Å². The second kappa shape index (κ2) is 6.48. The standard InChI is InChI=1S/C17H24N2O2/c18-9-12-5-1-2-6-13(12)10-19-17(20)15-11-21-16-8-4-3-7-14(15)16/h3-4,7-8,12-13,15H,1-2,5-6,9-11,18H2,(H,19,20). The van der Waals surface area contributed by atoms with Crippen LogP contribution in [0.4, 0.5) is 0 Å². The lowest BCUT2D eigenvalue weighted by Crippen LogP contribution is -2.39. The first-order chi connectivity index (χ1) is 10.3. The normalized spacial score (nSPS) is 27.8. The van der Waals surface area contributed by atoms with Gasteiger partial charge in [0.15, 0.2) is 0 Å². The smallest absolute Gasteiger partial charge is 0.231 e. The second-order valence-electron chi connectivity index (χ2n) is 6.19. The zero-order valence-corrected chi connectivity index (χ0v) is 12.4. The minimum absolute atomic E-state index is 0.0845. The van der Waals surface area contributed by atoms with Crippen LogP contribution in [0.25, 0.3) is 0 Å². The number of hydrogen-bond donors (Lipinski definition) is 2. The van der Waals surface area contributed by atoms with Gasteiger partial charge in [0.2, 0.25) is 5.91 Å². The maximum absolute atomic E-state index is 12.4. The van der Waals surface area contributed by atoms with Crippen molar-refractivity contribution < 1.29 is 9.53 Å². The van der Waals surface area contributed by atoms with Crippen molar-refractivity contribution in [3.05, 3.63) is 29.8 Å². The molecule has 3 N–H and O–H groups in total. The zero-order chi connectivity index (χ0) is 14.7. The summed E-state index contributed by atoms with van der Waals surface area (Å²) in [6, 6.07) is 7.80. The Morgan fingerprint density at radius 1 is 1.24 bits per heavy atom. The Bertz CT molecular complexity index is 503. The fourth-order valence-corrected chi connectivity index (χ4v) is 3.60. The summed E-state index contributed by atoms with van der Waals surface area (Å²) in [6.07, 6.45) is 4.91. The van der Waals surface area contributed by atoms with Gasteiger partial charge in [0.1, 0.15) is 18.3 Å². The Morgan fingerprint density at radius 2 is 2.00 bits per heavy atom. The lowest BCUT2D eigenvalue weighted by atomic mass is 9.79. The van der Waals surface area contributed by atoms with Gasteiger partial charge in [-0.25, -0.2) is 0 Å².